The quantitative estimate of drug-likeness (QED) is 0.0290. The van der Waals surface area contributed by atoms with Gasteiger partial charge >= 0.3 is 12.0 Å². The van der Waals surface area contributed by atoms with Gasteiger partial charge in [0, 0.05) is 29.5 Å². The highest BCUT2D eigenvalue weighted by molar-refractivity contribution is 8.00. The number of rotatable bonds is 25. The van der Waals surface area contributed by atoms with E-state index in [1.807, 2.05) is 54.2 Å². The number of urea groups is 1. The van der Waals surface area contributed by atoms with Gasteiger partial charge in [-0.15, -0.1) is 0 Å². The van der Waals surface area contributed by atoms with Gasteiger partial charge in [-0.3, -0.25) is 4.79 Å². The average Bonchev–Trinajstić information content (AvgIpc) is 3.78. The Morgan fingerprint density at radius 3 is 1.98 bits per heavy atom. The predicted molar refractivity (Wildman–Crippen MR) is 236 cm³/mol. The Labute approximate surface area is 357 Å². The molecule has 2 saturated heterocycles. The number of thioether (sulfide) groups is 1. The molecule has 59 heavy (non-hydrogen) atoms. The number of nitriles is 1. The Morgan fingerprint density at radius 1 is 0.831 bits per heavy atom. The molecule has 2 heterocycles. The third kappa shape index (κ3) is 11.7. The smallest absolute Gasteiger partial charge is 0.319 e. The number of esters is 1. The van der Waals surface area contributed by atoms with E-state index in [0.29, 0.717) is 32.7 Å². The molecular formula is C46H63N4O7PS. The number of amides is 2. The Morgan fingerprint density at radius 2 is 1.41 bits per heavy atom. The van der Waals surface area contributed by atoms with Crippen LogP contribution in [-0.2, 0) is 24.1 Å². The van der Waals surface area contributed by atoms with Crippen LogP contribution in [0.2, 0.25) is 0 Å². The summed E-state index contributed by atoms with van der Waals surface area (Å²) in [6.45, 7) is 9.91. The number of nitrogens with one attached hydrogen (secondary N) is 1. The molecule has 0 saturated carbocycles. The maximum Gasteiger partial charge on any atom is 0.319 e. The second-order valence-electron chi connectivity index (χ2n) is 15.6. The van der Waals surface area contributed by atoms with Crippen molar-refractivity contribution >= 4 is 32.3 Å². The second kappa shape index (κ2) is 23.2. The summed E-state index contributed by atoms with van der Waals surface area (Å²) in [4.78, 5) is 29.1. The van der Waals surface area contributed by atoms with E-state index in [2.05, 4.69) is 85.0 Å². The Balaban J connectivity index is 1.11. The molecule has 0 aromatic heterocycles. The van der Waals surface area contributed by atoms with Gasteiger partial charge in [0.05, 0.1) is 58.6 Å². The molecule has 3 aromatic carbocycles. The highest BCUT2D eigenvalue weighted by Gasteiger charge is 2.57. The monoisotopic (exact) mass is 846 g/mol. The Bertz CT molecular complexity index is 1720. The van der Waals surface area contributed by atoms with Gasteiger partial charge in [0.1, 0.15) is 17.0 Å². The maximum atomic E-state index is 14.4. The van der Waals surface area contributed by atoms with Gasteiger partial charge in [0.25, 0.3) is 8.53 Å². The SMILES string of the molecule is COc1ccc(C(c2ccccc2)(c2ccc(OC)cc2)N2C(=O)N[C@@H]3[C@H](CCCCC(=O)OCCCCCCOP(OCCC#N)N(C(C)C)C(C)C)SC[C@@H]32)cc1. The third-order valence-electron chi connectivity index (χ3n) is 11.0. The van der Waals surface area contributed by atoms with E-state index in [9.17, 15) is 9.59 Å². The van der Waals surface area contributed by atoms with Crippen LogP contribution < -0.4 is 14.8 Å². The summed E-state index contributed by atoms with van der Waals surface area (Å²) in [6, 6.07) is 28.9. The van der Waals surface area contributed by atoms with E-state index in [4.69, 9.17) is 28.5 Å². The lowest BCUT2D eigenvalue weighted by atomic mass is 9.74. The zero-order valence-corrected chi connectivity index (χ0v) is 37.4. The van der Waals surface area contributed by atoms with Gasteiger partial charge in [-0.2, -0.15) is 17.0 Å². The summed E-state index contributed by atoms with van der Waals surface area (Å²) >= 11 is 1.91. The molecule has 0 aliphatic carbocycles. The minimum absolute atomic E-state index is 0.0307. The number of fused-ring (bicyclic) bond motifs is 1. The van der Waals surface area contributed by atoms with Crippen LogP contribution in [0, 0.1) is 11.3 Å². The largest absolute Gasteiger partial charge is 0.497 e. The van der Waals surface area contributed by atoms with E-state index in [1.54, 1.807) is 14.2 Å². The molecular weight excluding hydrogens is 784 g/mol. The van der Waals surface area contributed by atoms with Gasteiger partial charge < -0.3 is 33.5 Å². The van der Waals surface area contributed by atoms with Crippen molar-refractivity contribution in [3.05, 3.63) is 95.6 Å². The fourth-order valence-electron chi connectivity index (χ4n) is 8.28. The second-order valence-corrected chi connectivity index (χ2v) is 18.3. The van der Waals surface area contributed by atoms with Crippen molar-refractivity contribution in [2.45, 2.75) is 120 Å². The van der Waals surface area contributed by atoms with E-state index < -0.39 is 14.1 Å². The lowest BCUT2D eigenvalue weighted by Gasteiger charge is -2.45. The van der Waals surface area contributed by atoms with Crippen LogP contribution in [0.5, 0.6) is 11.5 Å². The number of hydrogen-bond donors (Lipinski definition) is 1. The first-order valence-corrected chi connectivity index (χ1v) is 23.3. The fourth-order valence-corrected chi connectivity index (χ4v) is 11.5. The minimum Gasteiger partial charge on any atom is -0.497 e. The first kappa shape index (κ1) is 46.2. The standard InChI is InChI=1S/C46H63N4O7PS/c1-34(2)50(35(3)4)58(57-32-16-29-47)56-31-15-8-7-14-30-55-43(51)20-13-12-19-42-44-41(33-59-42)49(45(52)48-44)46(36-17-10-9-11-18-36,37-21-25-39(53-5)26-22-37)38-23-27-40(54-6)28-24-38/h9-11,17-18,21-28,34-35,41-42,44H,7-8,12-16,19-20,30-33H2,1-6H3,(H,48,52)/t41-,42-,44-,58?/m0/s1. The minimum atomic E-state index is -1.22. The van der Waals surface area contributed by atoms with E-state index in [1.165, 1.54) is 0 Å². The van der Waals surface area contributed by atoms with Crippen molar-refractivity contribution in [2.24, 2.45) is 0 Å². The molecule has 2 aliphatic rings. The van der Waals surface area contributed by atoms with Crippen molar-refractivity contribution in [2.75, 3.05) is 39.8 Å². The van der Waals surface area contributed by atoms with E-state index in [-0.39, 0.29) is 41.4 Å². The van der Waals surface area contributed by atoms with Crippen molar-refractivity contribution in [3.8, 4) is 17.6 Å². The molecule has 0 bridgehead atoms. The van der Waals surface area contributed by atoms with E-state index in [0.717, 1.165) is 78.9 Å². The highest BCUT2D eigenvalue weighted by Crippen LogP contribution is 2.50. The van der Waals surface area contributed by atoms with Crippen LogP contribution in [0.4, 0.5) is 4.79 Å². The molecule has 5 rings (SSSR count). The summed E-state index contributed by atoms with van der Waals surface area (Å²) in [6.07, 6.45) is 6.90. The summed E-state index contributed by atoms with van der Waals surface area (Å²) in [5, 5.41) is 12.6. The van der Waals surface area contributed by atoms with Crippen LogP contribution in [0.3, 0.4) is 0 Å². The molecule has 4 atom stereocenters. The Hall–Kier alpha value is -3.85. The van der Waals surface area contributed by atoms with Gasteiger partial charge in [0.15, 0.2) is 0 Å². The number of nitrogens with zero attached hydrogens (tertiary/aromatic N) is 3. The van der Waals surface area contributed by atoms with Crippen molar-refractivity contribution < 1.29 is 32.8 Å². The summed E-state index contributed by atoms with van der Waals surface area (Å²) in [5.74, 6) is 2.14. The van der Waals surface area contributed by atoms with Gasteiger partial charge in [0.2, 0.25) is 0 Å². The lowest BCUT2D eigenvalue weighted by Crippen LogP contribution is -2.53. The predicted octanol–water partition coefficient (Wildman–Crippen LogP) is 9.83. The number of carbonyl (C=O) groups excluding carboxylic acids is 2. The molecule has 0 spiro atoms. The Kier molecular flexibility index (Phi) is 18.2. The number of methoxy groups -OCH3 is 2. The number of carbonyl (C=O) groups is 2. The van der Waals surface area contributed by atoms with Gasteiger partial charge in [-0.05, 0) is 101 Å². The van der Waals surface area contributed by atoms with Crippen molar-refractivity contribution in [1.82, 2.24) is 14.9 Å². The van der Waals surface area contributed by atoms with Crippen molar-refractivity contribution in [3.63, 3.8) is 0 Å². The molecule has 1 unspecified atom stereocenters. The molecule has 320 valence electrons. The highest BCUT2D eigenvalue weighted by atomic mass is 32.2. The maximum absolute atomic E-state index is 14.4. The van der Waals surface area contributed by atoms with E-state index >= 15 is 0 Å². The lowest BCUT2D eigenvalue weighted by molar-refractivity contribution is -0.143. The summed E-state index contributed by atoms with van der Waals surface area (Å²) in [5.41, 5.74) is 2.01. The molecule has 2 amide bonds. The van der Waals surface area contributed by atoms with Gasteiger partial charge in [-0.1, -0.05) is 67.4 Å². The summed E-state index contributed by atoms with van der Waals surface area (Å²) in [7, 11) is 2.10. The first-order chi connectivity index (χ1) is 28.6. The number of hydrogen-bond acceptors (Lipinski definition) is 10. The van der Waals surface area contributed by atoms with Crippen LogP contribution in [-0.4, -0.2) is 90.8 Å². The van der Waals surface area contributed by atoms with Crippen LogP contribution in [0.25, 0.3) is 0 Å². The number of benzene rings is 3. The zero-order chi connectivity index (χ0) is 42.2. The molecule has 13 heteroatoms. The molecule has 1 N–H and O–H groups in total. The first-order valence-electron chi connectivity index (χ1n) is 21.1. The van der Waals surface area contributed by atoms with Gasteiger partial charge in [-0.25, -0.2) is 9.46 Å². The molecule has 2 aliphatic heterocycles. The molecule has 0 radical (unpaired) electrons. The van der Waals surface area contributed by atoms with Crippen LogP contribution in [0.15, 0.2) is 78.9 Å². The third-order valence-corrected chi connectivity index (χ3v) is 14.6. The van der Waals surface area contributed by atoms with Crippen molar-refractivity contribution in [1.29, 1.82) is 5.26 Å². The zero-order valence-electron chi connectivity index (χ0n) is 35.6. The van der Waals surface area contributed by atoms with Crippen LogP contribution in [0.1, 0.15) is 102 Å². The fraction of sp³-hybridized carbons (Fsp3) is 0.543. The summed E-state index contributed by atoms with van der Waals surface area (Å²) < 4.78 is 31.0. The normalized spacial score (nSPS) is 18.2. The molecule has 11 nitrogen and oxygen atoms in total. The number of unbranched alkanes of at least 4 members (excludes halogenated alkanes) is 4. The van der Waals surface area contributed by atoms with Crippen LogP contribution >= 0.6 is 20.3 Å². The number of ether oxygens (including phenoxy) is 3. The molecule has 2 fully saturated rings. The molecule has 3 aromatic rings. The average molecular weight is 847 g/mol. The topological polar surface area (TPSA) is 123 Å².